The van der Waals surface area contributed by atoms with Crippen LogP contribution in [0.3, 0.4) is 0 Å². The molecular weight excluding hydrogens is 356 g/mol. The van der Waals surface area contributed by atoms with Gasteiger partial charge in [0.25, 0.3) is 0 Å². The average molecular weight is 391 g/mol. The van der Waals surface area contributed by atoms with Gasteiger partial charge in [-0.1, -0.05) is 78.0 Å². The lowest BCUT2D eigenvalue weighted by atomic mass is 9.62. The van der Waals surface area contributed by atoms with E-state index in [0.717, 1.165) is 12.0 Å². The third kappa shape index (κ3) is 4.63. The molecule has 154 valence electrons. The van der Waals surface area contributed by atoms with E-state index in [1.54, 1.807) is 12.1 Å². The molecule has 0 heterocycles. The molecule has 1 aliphatic rings. The van der Waals surface area contributed by atoms with Crippen molar-refractivity contribution in [1.29, 1.82) is 0 Å². The fourth-order valence-electron chi connectivity index (χ4n) is 4.37. The third-order valence-electron chi connectivity index (χ3n) is 6.35. The summed E-state index contributed by atoms with van der Waals surface area (Å²) >= 11 is 0. The zero-order chi connectivity index (χ0) is 21.4. The summed E-state index contributed by atoms with van der Waals surface area (Å²) < 4.78 is 0. The van der Waals surface area contributed by atoms with Gasteiger partial charge in [0.1, 0.15) is 0 Å². The SMILES string of the molecule is CC(C)Cc1cc2c(cc1/C=C/c1ccc(C(=O)O)cc1)C(C)(C)CCC2(C)C. The van der Waals surface area contributed by atoms with E-state index in [2.05, 4.69) is 65.8 Å². The predicted molar refractivity (Wildman–Crippen MR) is 123 cm³/mol. The first kappa shape index (κ1) is 21.4. The standard InChI is InChI=1S/C27H34O2/c1-18(2)15-22-17-24-23(26(3,4)13-14-27(24,5)6)16-21(22)12-9-19-7-10-20(11-8-19)25(28)29/h7-12,16-18H,13-15H2,1-6H3,(H,28,29)/b12-9+. The van der Waals surface area contributed by atoms with Crippen molar-refractivity contribution in [2.24, 2.45) is 5.92 Å². The van der Waals surface area contributed by atoms with Crippen molar-refractivity contribution in [2.45, 2.75) is 71.6 Å². The van der Waals surface area contributed by atoms with Crippen LogP contribution in [0.15, 0.2) is 36.4 Å². The smallest absolute Gasteiger partial charge is 0.335 e. The normalized spacial score (nSPS) is 17.5. The lowest BCUT2D eigenvalue weighted by Crippen LogP contribution is -2.34. The molecule has 0 amide bonds. The minimum absolute atomic E-state index is 0.187. The number of benzene rings is 2. The highest BCUT2D eigenvalue weighted by Gasteiger charge is 2.37. The third-order valence-corrected chi connectivity index (χ3v) is 6.35. The van der Waals surface area contributed by atoms with Crippen molar-refractivity contribution < 1.29 is 9.90 Å². The van der Waals surface area contributed by atoms with Crippen LogP contribution in [-0.2, 0) is 17.3 Å². The molecule has 0 radical (unpaired) electrons. The minimum Gasteiger partial charge on any atom is -0.478 e. The van der Waals surface area contributed by atoms with Gasteiger partial charge in [0.15, 0.2) is 0 Å². The molecule has 0 aromatic heterocycles. The van der Waals surface area contributed by atoms with Gasteiger partial charge in [-0.2, -0.15) is 0 Å². The first-order valence-corrected chi connectivity index (χ1v) is 10.7. The number of hydrogen-bond donors (Lipinski definition) is 1. The Morgan fingerprint density at radius 3 is 2.03 bits per heavy atom. The second-order valence-electron chi connectivity index (χ2n) is 10.2. The topological polar surface area (TPSA) is 37.3 Å². The maximum Gasteiger partial charge on any atom is 0.335 e. The van der Waals surface area contributed by atoms with Gasteiger partial charge in [0.05, 0.1) is 5.56 Å². The van der Waals surface area contributed by atoms with Crippen LogP contribution in [-0.4, -0.2) is 11.1 Å². The molecule has 2 aromatic rings. The van der Waals surface area contributed by atoms with Gasteiger partial charge >= 0.3 is 5.97 Å². The first-order chi connectivity index (χ1) is 13.5. The van der Waals surface area contributed by atoms with E-state index < -0.39 is 5.97 Å². The summed E-state index contributed by atoms with van der Waals surface area (Å²) in [5.74, 6) is -0.297. The van der Waals surface area contributed by atoms with Crippen molar-refractivity contribution in [3.05, 3.63) is 69.8 Å². The number of carbonyl (C=O) groups is 1. The average Bonchev–Trinajstić information content (AvgIpc) is 2.64. The molecule has 2 nitrogen and oxygen atoms in total. The number of hydrogen-bond acceptors (Lipinski definition) is 1. The van der Waals surface area contributed by atoms with Crippen molar-refractivity contribution in [2.75, 3.05) is 0 Å². The first-order valence-electron chi connectivity index (χ1n) is 10.7. The van der Waals surface area contributed by atoms with E-state index in [-0.39, 0.29) is 10.8 Å². The van der Waals surface area contributed by atoms with Crippen LogP contribution >= 0.6 is 0 Å². The lowest BCUT2D eigenvalue weighted by Gasteiger charge is -2.42. The number of fused-ring (bicyclic) bond motifs is 1. The van der Waals surface area contributed by atoms with Crippen LogP contribution in [0.25, 0.3) is 12.2 Å². The van der Waals surface area contributed by atoms with E-state index in [4.69, 9.17) is 5.11 Å². The molecule has 29 heavy (non-hydrogen) atoms. The van der Waals surface area contributed by atoms with Crippen molar-refractivity contribution in [3.8, 4) is 0 Å². The molecule has 2 heteroatoms. The maximum absolute atomic E-state index is 11.1. The van der Waals surface area contributed by atoms with Crippen molar-refractivity contribution in [3.63, 3.8) is 0 Å². The van der Waals surface area contributed by atoms with Crippen LogP contribution in [0.1, 0.15) is 92.6 Å². The lowest BCUT2D eigenvalue weighted by molar-refractivity contribution is 0.0697. The van der Waals surface area contributed by atoms with Crippen molar-refractivity contribution >= 4 is 18.1 Å². The van der Waals surface area contributed by atoms with Crippen molar-refractivity contribution in [1.82, 2.24) is 0 Å². The van der Waals surface area contributed by atoms with Crippen LogP contribution < -0.4 is 0 Å². The van der Waals surface area contributed by atoms with Gasteiger partial charge in [-0.3, -0.25) is 0 Å². The number of carboxylic acid groups (broad SMARTS) is 1. The summed E-state index contributed by atoms with van der Waals surface area (Å²) in [5.41, 5.74) is 7.41. The highest BCUT2D eigenvalue weighted by atomic mass is 16.4. The van der Waals surface area contributed by atoms with Gasteiger partial charge < -0.3 is 5.11 Å². The van der Waals surface area contributed by atoms with E-state index in [1.807, 2.05) is 12.1 Å². The predicted octanol–water partition coefficient (Wildman–Crippen LogP) is 7.10. The molecule has 0 fully saturated rings. The summed E-state index contributed by atoms with van der Waals surface area (Å²) in [6.45, 7) is 14.0. The number of carboxylic acids is 1. The molecule has 0 saturated heterocycles. The van der Waals surface area contributed by atoms with Crippen LogP contribution in [0, 0.1) is 5.92 Å². The summed E-state index contributed by atoms with van der Waals surface area (Å²) in [6, 6.07) is 11.9. The summed E-state index contributed by atoms with van der Waals surface area (Å²) in [6.07, 6.45) is 7.78. The van der Waals surface area contributed by atoms with E-state index in [1.165, 1.54) is 35.1 Å². The van der Waals surface area contributed by atoms with E-state index >= 15 is 0 Å². The van der Waals surface area contributed by atoms with Crippen LogP contribution in [0.5, 0.6) is 0 Å². The largest absolute Gasteiger partial charge is 0.478 e. The molecule has 1 aliphatic carbocycles. The Morgan fingerprint density at radius 2 is 1.52 bits per heavy atom. The molecule has 0 bridgehead atoms. The van der Waals surface area contributed by atoms with Gasteiger partial charge in [-0.15, -0.1) is 0 Å². The monoisotopic (exact) mass is 390 g/mol. The van der Waals surface area contributed by atoms with Gasteiger partial charge in [0.2, 0.25) is 0 Å². The summed E-state index contributed by atoms with van der Waals surface area (Å²) in [4.78, 5) is 11.1. The molecule has 0 spiro atoms. The Kier molecular flexibility index (Phi) is 5.76. The maximum atomic E-state index is 11.1. The van der Waals surface area contributed by atoms with Gasteiger partial charge in [-0.05, 0) is 76.0 Å². The Morgan fingerprint density at radius 1 is 0.966 bits per heavy atom. The van der Waals surface area contributed by atoms with Gasteiger partial charge in [-0.25, -0.2) is 4.79 Å². The van der Waals surface area contributed by atoms with Crippen LogP contribution in [0.4, 0.5) is 0 Å². The van der Waals surface area contributed by atoms with Gasteiger partial charge in [0, 0.05) is 0 Å². The number of rotatable bonds is 5. The zero-order valence-corrected chi connectivity index (χ0v) is 18.7. The molecule has 0 atom stereocenters. The van der Waals surface area contributed by atoms with E-state index in [0.29, 0.717) is 11.5 Å². The van der Waals surface area contributed by atoms with E-state index in [9.17, 15) is 4.79 Å². The quantitative estimate of drug-likeness (QED) is 0.553. The number of aromatic carboxylic acids is 1. The molecule has 3 rings (SSSR count). The molecule has 2 aromatic carbocycles. The Hall–Kier alpha value is -2.35. The fourth-order valence-corrected chi connectivity index (χ4v) is 4.37. The Bertz CT molecular complexity index is 928. The Balaban J connectivity index is 2.06. The fraction of sp³-hybridized carbons (Fsp3) is 0.444. The Labute approximate surface area is 175 Å². The van der Waals surface area contributed by atoms with Crippen LogP contribution in [0.2, 0.25) is 0 Å². The minimum atomic E-state index is -0.890. The molecular formula is C27H34O2. The highest BCUT2D eigenvalue weighted by Crippen LogP contribution is 2.47. The summed E-state index contributed by atoms with van der Waals surface area (Å²) in [7, 11) is 0. The highest BCUT2D eigenvalue weighted by molar-refractivity contribution is 5.88. The molecule has 1 N–H and O–H groups in total. The zero-order valence-electron chi connectivity index (χ0n) is 18.7. The second-order valence-corrected chi connectivity index (χ2v) is 10.2. The molecule has 0 unspecified atom stereocenters. The second kappa shape index (κ2) is 7.82. The summed E-state index contributed by atoms with van der Waals surface area (Å²) in [5, 5.41) is 9.09. The molecule has 0 aliphatic heterocycles. The molecule has 0 saturated carbocycles.